The Bertz CT molecular complexity index is 660. The molecule has 1 aliphatic heterocycles. The number of pyridine rings is 1. The van der Waals surface area contributed by atoms with E-state index in [-0.39, 0.29) is 24.4 Å². The Morgan fingerprint density at radius 2 is 2.27 bits per heavy atom. The van der Waals surface area contributed by atoms with Gasteiger partial charge < -0.3 is 11.1 Å². The molecule has 0 bridgehead atoms. The lowest BCUT2D eigenvalue weighted by atomic mass is 10.1. The lowest BCUT2D eigenvalue weighted by Crippen LogP contribution is -2.52. The topological polar surface area (TPSA) is 114 Å². The summed E-state index contributed by atoms with van der Waals surface area (Å²) in [5, 5.41) is 4.75. The van der Waals surface area contributed by atoms with Crippen molar-refractivity contribution in [3.05, 3.63) is 29.6 Å². The first kappa shape index (κ1) is 15.7. The lowest BCUT2D eigenvalue weighted by Gasteiger charge is -2.21. The summed E-state index contributed by atoms with van der Waals surface area (Å²) in [5.41, 5.74) is 5.98. The maximum absolute atomic E-state index is 12.1. The summed E-state index contributed by atoms with van der Waals surface area (Å²) in [7, 11) is 0. The Kier molecular flexibility index (Phi) is 5.22. The van der Waals surface area contributed by atoms with Crippen molar-refractivity contribution in [1.82, 2.24) is 15.6 Å². The molecule has 2 heterocycles. The Labute approximate surface area is 127 Å². The second-order valence-electron chi connectivity index (χ2n) is 4.73. The average Bonchev–Trinajstić information content (AvgIpc) is 2.50. The van der Waals surface area contributed by atoms with Gasteiger partial charge in [-0.25, -0.2) is 4.98 Å². The van der Waals surface area contributed by atoms with E-state index in [1.54, 1.807) is 12.1 Å². The zero-order valence-corrected chi connectivity index (χ0v) is 11.9. The largest absolute Gasteiger partial charge is 0.339 e. The molecule has 0 radical (unpaired) electrons. The number of hydrogen-bond donors (Lipinski definition) is 3. The van der Waals surface area contributed by atoms with Crippen molar-refractivity contribution >= 4 is 17.7 Å². The molecule has 1 fully saturated rings. The summed E-state index contributed by atoms with van der Waals surface area (Å²) in [6, 6.07) is 4.17. The van der Waals surface area contributed by atoms with Gasteiger partial charge in [0.2, 0.25) is 11.8 Å². The predicted molar refractivity (Wildman–Crippen MR) is 78.4 cm³/mol. The molecule has 7 heteroatoms. The van der Waals surface area contributed by atoms with E-state index in [0.717, 1.165) is 0 Å². The highest BCUT2D eigenvalue weighted by Gasteiger charge is 2.28. The molecule has 0 saturated carbocycles. The van der Waals surface area contributed by atoms with Gasteiger partial charge in [-0.2, -0.15) is 0 Å². The van der Waals surface area contributed by atoms with Gasteiger partial charge >= 0.3 is 0 Å². The van der Waals surface area contributed by atoms with Crippen LogP contribution < -0.4 is 16.4 Å². The first-order valence-corrected chi connectivity index (χ1v) is 6.90. The van der Waals surface area contributed by atoms with Crippen molar-refractivity contribution in [2.45, 2.75) is 25.3 Å². The summed E-state index contributed by atoms with van der Waals surface area (Å²) < 4.78 is 0. The zero-order valence-electron chi connectivity index (χ0n) is 11.9. The molecule has 0 spiro atoms. The van der Waals surface area contributed by atoms with Gasteiger partial charge in [-0.15, -0.1) is 0 Å². The molecule has 0 aromatic carbocycles. The number of imide groups is 1. The third kappa shape index (κ3) is 4.14. The minimum Gasteiger partial charge on any atom is -0.339 e. The Morgan fingerprint density at radius 3 is 3.00 bits per heavy atom. The normalized spacial score (nSPS) is 17.2. The maximum Gasteiger partial charge on any atom is 0.270 e. The van der Waals surface area contributed by atoms with Crippen molar-refractivity contribution in [1.29, 1.82) is 0 Å². The molecule has 7 nitrogen and oxygen atoms in total. The number of nitrogens with one attached hydrogen (secondary N) is 2. The summed E-state index contributed by atoms with van der Waals surface area (Å²) >= 11 is 0. The number of aromatic nitrogens is 1. The van der Waals surface area contributed by atoms with Crippen molar-refractivity contribution in [3.8, 4) is 11.8 Å². The highest BCUT2D eigenvalue weighted by Crippen LogP contribution is 2.06. The van der Waals surface area contributed by atoms with E-state index in [0.29, 0.717) is 18.7 Å². The fraction of sp³-hybridized carbons (Fsp3) is 0.333. The van der Waals surface area contributed by atoms with E-state index in [9.17, 15) is 14.4 Å². The number of hydrogen-bond acceptors (Lipinski definition) is 5. The number of nitrogens with zero attached hydrogens (tertiary/aromatic N) is 1. The number of piperidine rings is 1. The summed E-state index contributed by atoms with van der Waals surface area (Å²) in [5.74, 6) is 4.35. The van der Waals surface area contributed by atoms with Crippen LogP contribution in [-0.4, -0.2) is 35.3 Å². The van der Waals surface area contributed by atoms with E-state index < -0.39 is 17.9 Å². The first-order chi connectivity index (χ1) is 10.6. The molecule has 1 aliphatic rings. The van der Waals surface area contributed by atoms with Crippen molar-refractivity contribution in [2.24, 2.45) is 5.73 Å². The number of rotatable bonds is 3. The highest BCUT2D eigenvalue weighted by atomic mass is 16.2. The van der Waals surface area contributed by atoms with Gasteiger partial charge in [-0.05, 0) is 24.5 Å². The summed E-state index contributed by atoms with van der Waals surface area (Å²) in [4.78, 5) is 38.9. The first-order valence-electron chi connectivity index (χ1n) is 6.90. The molecule has 2 rings (SSSR count). The number of nitrogens with two attached hydrogens (primary N) is 1. The third-order valence-corrected chi connectivity index (χ3v) is 3.01. The van der Waals surface area contributed by atoms with Crippen LogP contribution in [0.1, 0.15) is 35.4 Å². The van der Waals surface area contributed by atoms with Gasteiger partial charge in [0.25, 0.3) is 5.91 Å². The van der Waals surface area contributed by atoms with E-state index in [1.807, 2.05) is 0 Å². The molecule has 1 atom stereocenters. The molecule has 114 valence electrons. The molecule has 0 aliphatic carbocycles. The molecule has 1 unspecified atom stereocenters. The zero-order chi connectivity index (χ0) is 15.9. The third-order valence-electron chi connectivity index (χ3n) is 3.01. The van der Waals surface area contributed by atoms with E-state index in [1.165, 1.54) is 6.07 Å². The van der Waals surface area contributed by atoms with Crippen LogP contribution in [0.5, 0.6) is 0 Å². The molecular weight excluding hydrogens is 284 g/mol. The number of carbonyl (C=O) groups excluding carboxylic acids is 3. The monoisotopic (exact) mass is 300 g/mol. The van der Waals surface area contributed by atoms with Crippen LogP contribution in [0.4, 0.5) is 0 Å². The molecule has 22 heavy (non-hydrogen) atoms. The molecule has 3 amide bonds. The quantitative estimate of drug-likeness (QED) is 0.505. The van der Waals surface area contributed by atoms with Crippen molar-refractivity contribution in [2.75, 3.05) is 6.54 Å². The van der Waals surface area contributed by atoms with Crippen LogP contribution in [0.2, 0.25) is 0 Å². The predicted octanol–water partition coefficient (Wildman–Crippen LogP) is -0.683. The van der Waals surface area contributed by atoms with E-state index in [2.05, 4.69) is 27.5 Å². The molecule has 1 saturated heterocycles. The van der Waals surface area contributed by atoms with Gasteiger partial charge in [0.15, 0.2) is 0 Å². The van der Waals surface area contributed by atoms with Crippen LogP contribution in [0.3, 0.4) is 0 Å². The van der Waals surface area contributed by atoms with Gasteiger partial charge in [-0.1, -0.05) is 12.0 Å². The Morgan fingerprint density at radius 1 is 1.45 bits per heavy atom. The van der Waals surface area contributed by atoms with Crippen LogP contribution >= 0.6 is 0 Å². The molecule has 1 aromatic rings. The SMILES string of the molecule is NCCC#Cc1cccc(C(=O)NC2CCC(=O)NC2=O)n1. The van der Waals surface area contributed by atoms with E-state index >= 15 is 0 Å². The average molecular weight is 300 g/mol. The number of carbonyl (C=O) groups is 3. The Balaban J connectivity index is 2.04. The van der Waals surface area contributed by atoms with E-state index in [4.69, 9.17) is 5.73 Å². The van der Waals surface area contributed by atoms with Crippen molar-refractivity contribution in [3.63, 3.8) is 0 Å². The van der Waals surface area contributed by atoms with Gasteiger partial charge in [-0.3, -0.25) is 19.7 Å². The van der Waals surface area contributed by atoms with Crippen LogP contribution in [-0.2, 0) is 9.59 Å². The molecule has 4 N–H and O–H groups in total. The van der Waals surface area contributed by atoms with Crippen LogP contribution in [0.25, 0.3) is 0 Å². The van der Waals surface area contributed by atoms with Gasteiger partial charge in [0.1, 0.15) is 17.4 Å². The summed E-state index contributed by atoms with van der Waals surface area (Å²) in [6.07, 6.45) is 1.04. The molecular formula is C15H16N4O3. The fourth-order valence-corrected chi connectivity index (χ4v) is 1.92. The van der Waals surface area contributed by atoms with Gasteiger partial charge in [0.05, 0.1) is 0 Å². The minimum absolute atomic E-state index is 0.171. The van der Waals surface area contributed by atoms with Crippen molar-refractivity contribution < 1.29 is 14.4 Å². The standard InChI is InChI=1S/C15H16N4O3/c16-9-2-1-4-10-5-3-6-11(17-10)14(21)18-12-7-8-13(20)19-15(12)22/h3,5-6,12H,2,7-9,16H2,(H,18,21)(H,19,20,22). The summed E-state index contributed by atoms with van der Waals surface area (Å²) in [6.45, 7) is 0.461. The smallest absolute Gasteiger partial charge is 0.270 e. The highest BCUT2D eigenvalue weighted by molar-refractivity contribution is 6.03. The maximum atomic E-state index is 12.1. The second kappa shape index (κ2) is 7.33. The minimum atomic E-state index is -0.723. The molecule has 1 aromatic heterocycles. The number of amides is 3. The van der Waals surface area contributed by atoms with Crippen LogP contribution in [0.15, 0.2) is 18.2 Å². The Hall–Kier alpha value is -2.72. The second-order valence-corrected chi connectivity index (χ2v) is 4.73. The van der Waals surface area contributed by atoms with Crippen LogP contribution in [0, 0.1) is 11.8 Å². The lowest BCUT2D eigenvalue weighted by molar-refractivity contribution is -0.134. The van der Waals surface area contributed by atoms with Gasteiger partial charge in [0, 0.05) is 19.4 Å². The fourth-order valence-electron chi connectivity index (χ4n) is 1.92.